The van der Waals surface area contributed by atoms with Crippen LogP contribution >= 0.6 is 24.1 Å². The number of phenols is 2. The molecule has 0 heterocycles. The Kier molecular flexibility index (Phi) is 14.4. The zero-order valence-electron chi connectivity index (χ0n) is 32.0. The third-order valence-corrected chi connectivity index (χ3v) is 12.5. The van der Waals surface area contributed by atoms with Crippen LogP contribution in [0.4, 0.5) is 51.2 Å². The second-order valence-corrected chi connectivity index (χ2v) is 18.2. The number of nitrogens with two attached hydrogens (primary N) is 1. The minimum absolute atomic E-state index is 0.0831. The van der Waals surface area contributed by atoms with E-state index in [4.69, 9.17) is 16.2 Å². The maximum atomic E-state index is 12.7. The molecule has 67 heavy (non-hydrogen) atoms. The first-order chi connectivity index (χ1) is 31.4. The van der Waals surface area contributed by atoms with Gasteiger partial charge in [-0.05, 0) is 53.2 Å². The molecular weight excluding hydrogens is 1010 g/mol. The van der Waals surface area contributed by atoms with Crippen LogP contribution in [0.3, 0.4) is 0 Å². The summed E-state index contributed by atoms with van der Waals surface area (Å²) in [5.41, 5.74) is 0.694. The summed E-state index contributed by atoms with van der Waals surface area (Å²) in [5, 5.41) is 91.3. The minimum Gasteiger partial charge on any atom is -0.505 e. The number of hydrogen-bond acceptors (Lipinski definition) is 27. The molecule has 30 nitrogen and oxygen atoms in total. The molecule has 0 amide bonds. The van der Waals surface area contributed by atoms with Gasteiger partial charge in [-0.2, -0.15) is 30.4 Å². The molecule has 0 atom stereocenters. The van der Waals surface area contributed by atoms with Gasteiger partial charge in [-0.25, -0.2) is 10.5 Å². The predicted molar refractivity (Wildman–Crippen MR) is 225 cm³/mol. The van der Waals surface area contributed by atoms with Crippen molar-refractivity contribution >= 4 is 127 Å². The highest BCUT2D eigenvalue weighted by Gasteiger charge is 2.27. The Morgan fingerprint density at radius 3 is 1.67 bits per heavy atom. The van der Waals surface area contributed by atoms with Gasteiger partial charge < -0.3 is 15.9 Å². The largest absolute Gasteiger partial charge is 0.505 e. The van der Waals surface area contributed by atoms with Gasteiger partial charge in [-0.3, -0.25) is 33.9 Å². The number of aromatic hydroxyl groups is 2. The smallest absolute Gasteiger partial charge is 0.297 e. The number of benzene rings is 6. The Hall–Kier alpha value is -6.97. The average Bonchev–Trinajstić information content (AvgIpc) is 3.25. The van der Waals surface area contributed by atoms with Gasteiger partial charge in [-0.15, -0.1) is 34.2 Å². The molecule has 6 rings (SSSR count). The van der Waals surface area contributed by atoms with Crippen molar-refractivity contribution in [2.24, 2.45) is 30.7 Å². The van der Waals surface area contributed by atoms with E-state index in [0.717, 1.165) is 66.7 Å². The molecule has 6 aromatic carbocycles. The lowest BCUT2D eigenvalue weighted by atomic mass is 10.1. The number of nitro groups is 2. The van der Waals surface area contributed by atoms with Crippen LogP contribution in [-0.4, -0.2) is 69.5 Å². The molecule has 0 saturated heterocycles. The Morgan fingerprint density at radius 2 is 1.07 bits per heavy atom. The van der Waals surface area contributed by atoms with Crippen molar-refractivity contribution in [3.63, 3.8) is 0 Å². The fourth-order valence-corrected chi connectivity index (χ4v) is 8.68. The molecule has 0 aliphatic rings. The van der Waals surface area contributed by atoms with Crippen LogP contribution in [0, 0.1) is 20.2 Å². The summed E-state index contributed by atoms with van der Waals surface area (Å²) >= 11 is 0.328. The summed E-state index contributed by atoms with van der Waals surface area (Å²) in [5.74, 6) is -1.95. The predicted octanol–water partition coefficient (Wildman–Crippen LogP) is 8.65. The maximum absolute atomic E-state index is 12.7. The molecule has 6 aromatic rings. The zero-order valence-corrected chi connectivity index (χ0v) is 36.1. The van der Waals surface area contributed by atoms with Gasteiger partial charge in [0.2, 0.25) is 0 Å². The number of nitrogens with zero attached hydrogens (tertiary/aromatic N) is 8. The van der Waals surface area contributed by atoms with Crippen molar-refractivity contribution in [2.45, 2.75) is 24.5 Å². The second kappa shape index (κ2) is 19.5. The van der Waals surface area contributed by atoms with Gasteiger partial charge in [0.15, 0.2) is 11.5 Å². The molecule has 350 valence electrons. The summed E-state index contributed by atoms with van der Waals surface area (Å²) in [4.78, 5) is 17.1. The number of phenolic OH excluding ortho intramolecular Hbond substituents is 2. The Bertz CT molecular complexity index is 3490. The highest BCUT2D eigenvalue weighted by molar-refractivity contribution is 7.95. The molecule has 0 radical (unpaired) electrons. The summed E-state index contributed by atoms with van der Waals surface area (Å²) in [6.07, 6.45) is 0. The van der Waals surface area contributed by atoms with E-state index in [1.54, 1.807) is 0 Å². The standard InChI is InChI=1S/C32H21N9O21S5/c33-27-26-14(7-22(64-62-60-49)28(32(26)43)37-36-20-6-4-17(41(46)47)12-23(20)65(50,51)52)9-24(66(53,54)55)29(27)38-34-15-2-1-13-8-25(67(56,57)58)30(31(42)18(13)10-15)39-35-19-5-3-16(40(44)45)11-21(19)63-61-59-48/h1-12,42-43,48-49H,33H2,(H,50,51,52)(H,53,54,55)(H,56,57,58). The SMILES string of the molecule is Nc1c(N=Nc2ccc3cc(S(=O)(=O)O)c(N=Nc4ccc([N+](=O)[O-])cc4SOOO)c(O)c3c2)c(S(=O)(=O)O)cc2cc(SOOO)c(N=Nc3ccc([N+](=O)[O-])cc3S(=O)(=O)O)c(O)c12. The van der Waals surface area contributed by atoms with E-state index in [9.17, 15) is 69.4 Å². The van der Waals surface area contributed by atoms with Gasteiger partial charge in [0.25, 0.3) is 41.7 Å². The van der Waals surface area contributed by atoms with Crippen molar-refractivity contribution < 1.29 is 88.2 Å². The van der Waals surface area contributed by atoms with Crippen molar-refractivity contribution in [3.8, 4) is 11.5 Å². The Balaban J connectivity index is 1.50. The molecule has 0 unspecified atom stereocenters. The first-order valence-corrected chi connectivity index (χ1v) is 22.7. The number of anilines is 1. The lowest BCUT2D eigenvalue weighted by Crippen LogP contribution is -2.02. The van der Waals surface area contributed by atoms with Crippen LogP contribution in [0.2, 0.25) is 0 Å². The molecular formula is C32H21N9O21S5. The van der Waals surface area contributed by atoms with Crippen molar-refractivity contribution in [3.05, 3.63) is 93.0 Å². The Labute approximate surface area is 379 Å². The van der Waals surface area contributed by atoms with Gasteiger partial charge in [-0.1, -0.05) is 16.1 Å². The molecule has 0 fully saturated rings. The summed E-state index contributed by atoms with van der Waals surface area (Å²) in [7, 11) is -15.6. The summed E-state index contributed by atoms with van der Waals surface area (Å²) < 4.78 is 113. The molecule has 9 N–H and O–H groups in total. The van der Waals surface area contributed by atoms with Crippen molar-refractivity contribution in [2.75, 3.05) is 5.73 Å². The highest BCUT2D eigenvalue weighted by Crippen LogP contribution is 2.50. The first kappa shape index (κ1) is 49.5. The van der Waals surface area contributed by atoms with E-state index >= 15 is 0 Å². The molecule has 0 aliphatic heterocycles. The van der Waals surface area contributed by atoms with E-state index in [2.05, 4.69) is 49.4 Å². The van der Waals surface area contributed by atoms with E-state index in [1.807, 2.05) is 0 Å². The number of rotatable bonds is 17. The van der Waals surface area contributed by atoms with Crippen LogP contribution in [0.1, 0.15) is 0 Å². The number of hydrogen-bond donors (Lipinski definition) is 8. The monoisotopic (exact) mass is 1030 g/mol. The minimum atomic E-state index is -5.28. The third-order valence-electron chi connectivity index (χ3n) is 8.58. The fraction of sp³-hybridized carbons (Fsp3) is 0. The van der Waals surface area contributed by atoms with Crippen LogP contribution in [0.25, 0.3) is 21.5 Å². The van der Waals surface area contributed by atoms with Gasteiger partial charge in [0.05, 0.1) is 60.5 Å². The fourth-order valence-electron chi connectivity index (χ4n) is 5.75. The number of non-ortho nitro benzene ring substituents is 2. The average molecular weight is 1030 g/mol. The van der Waals surface area contributed by atoms with E-state index in [1.165, 1.54) is 0 Å². The number of fused-ring (bicyclic) bond motifs is 2. The van der Waals surface area contributed by atoms with E-state index in [-0.39, 0.29) is 61.4 Å². The van der Waals surface area contributed by atoms with Crippen LogP contribution < -0.4 is 5.73 Å². The highest BCUT2D eigenvalue weighted by atomic mass is 32.2. The topological polar surface area (TPSA) is 467 Å². The second-order valence-electron chi connectivity index (χ2n) is 12.6. The quantitative estimate of drug-likeness (QED) is 0.00805. The number of nitrogen functional groups attached to an aromatic ring is 1. The zero-order chi connectivity index (χ0) is 49.2. The molecule has 0 bridgehead atoms. The lowest BCUT2D eigenvalue weighted by molar-refractivity contribution is -0.432. The van der Waals surface area contributed by atoms with E-state index in [0.29, 0.717) is 6.07 Å². The van der Waals surface area contributed by atoms with Gasteiger partial charge in [0.1, 0.15) is 43.1 Å². The third kappa shape index (κ3) is 10.8. The lowest BCUT2D eigenvalue weighted by Gasteiger charge is -2.14. The molecule has 0 aromatic heterocycles. The van der Waals surface area contributed by atoms with Gasteiger partial charge >= 0.3 is 0 Å². The van der Waals surface area contributed by atoms with Crippen LogP contribution in [-0.2, 0) is 49.1 Å². The summed E-state index contributed by atoms with van der Waals surface area (Å²) in [6, 6.07) is 10.9. The van der Waals surface area contributed by atoms with Gasteiger partial charge in [0, 0.05) is 29.7 Å². The van der Waals surface area contributed by atoms with E-state index < -0.39 is 112 Å². The molecule has 0 spiro atoms. The number of nitro benzene ring substituents is 2. The van der Waals surface area contributed by atoms with Crippen LogP contribution in [0.5, 0.6) is 11.5 Å². The van der Waals surface area contributed by atoms with Crippen molar-refractivity contribution in [1.82, 2.24) is 0 Å². The first-order valence-electron chi connectivity index (χ1n) is 16.9. The van der Waals surface area contributed by atoms with Crippen molar-refractivity contribution in [1.29, 1.82) is 0 Å². The maximum Gasteiger partial charge on any atom is 0.297 e. The van der Waals surface area contributed by atoms with Crippen LogP contribution in [0.15, 0.2) is 128 Å². The molecule has 0 saturated carbocycles. The molecule has 0 aliphatic carbocycles. The Morgan fingerprint density at radius 1 is 0.552 bits per heavy atom. The number of azo groups is 3. The molecule has 35 heteroatoms. The normalized spacial score (nSPS) is 12.6. The summed E-state index contributed by atoms with van der Waals surface area (Å²) in [6.45, 7) is 0.